The molecule has 0 atom stereocenters. The van der Waals surface area contributed by atoms with Gasteiger partial charge in [0.1, 0.15) is 28.8 Å². The lowest BCUT2D eigenvalue weighted by atomic mass is 10.1. The Morgan fingerprint density at radius 3 is 2.74 bits per heavy atom. The highest BCUT2D eigenvalue weighted by atomic mass is 16.5. The minimum Gasteiger partial charge on any atom is -0.496 e. The number of fused-ring (bicyclic) bond motifs is 1. The second-order valence-corrected chi connectivity index (χ2v) is 6.07. The van der Waals surface area contributed by atoms with E-state index in [1.54, 1.807) is 17.7 Å². The van der Waals surface area contributed by atoms with E-state index in [0.717, 1.165) is 16.8 Å². The molecule has 0 radical (unpaired) electrons. The van der Waals surface area contributed by atoms with E-state index in [4.69, 9.17) is 10.5 Å². The van der Waals surface area contributed by atoms with Crippen molar-refractivity contribution in [3.8, 4) is 17.5 Å². The monoisotopic (exact) mass is 364 g/mol. The molecule has 1 aromatic carbocycles. The number of nitrogen functional groups attached to an aromatic ring is 1. The third-order valence-corrected chi connectivity index (χ3v) is 4.47. The van der Waals surface area contributed by atoms with E-state index in [9.17, 15) is 10.1 Å². The van der Waals surface area contributed by atoms with Crippen molar-refractivity contribution in [3.05, 3.63) is 41.1 Å². The molecule has 0 aliphatic rings. The summed E-state index contributed by atoms with van der Waals surface area (Å²) in [7, 11) is 3.12. The van der Waals surface area contributed by atoms with Gasteiger partial charge in [-0.2, -0.15) is 5.26 Å². The summed E-state index contributed by atoms with van der Waals surface area (Å²) in [5.74, 6) is 1.00. The Morgan fingerprint density at radius 1 is 1.37 bits per heavy atom. The van der Waals surface area contributed by atoms with Crippen LogP contribution in [0.15, 0.2) is 24.4 Å². The predicted molar refractivity (Wildman–Crippen MR) is 104 cm³/mol. The van der Waals surface area contributed by atoms with E-state index < -0.39 is 0 Å². The van der Waals surface area contributed by atoms with E-state index >= 15 is 0 Å². The zero-order chi connectivity index (χ0) is 19.7. The first-order chi connectivity index (χ1) is 12.9. The number of nitrogens with zero attached hydrogens (tertiary/aromatic N) is 3. The van der Waals surface area contributed by atoms with Gasteiger partial charge in [0.05, 0.1) is 24.7 Å². The minimum absolute atomic E-state index is 0.288. The van der Waals surface area contributed by atoms with Gasteiger partial charge in [-0.1, -0.05) is 6.07 Å². The number of carbonyl (C=O) groups excluding carboxylic acids is 1. The number of benzene rings is 1. The maximum absolute atomic E-state index is 11.6. The number of rotatable bonds is 3. The van der Waals surface area contributed by atoms with Gasteiger partial charge in [0, 0.05) is 18.0 Å². The molecule has 0 aliphatic heterocycles. The van der Waals surface area contributed by atoms with Gasteiger partial charge in [0.15, 0.2) is 0 Å². The Kier molecular flexibility index (Phi) is 4.60. The van der Waals surface area contributed by atoms with Crippen LogP contribution in [0.25, 0.3) is 16.7 Å². The summed E-state index contributed by atoms with van der Waals surface area (Å²) >= 11 is 0. The van der Waals surface area contributed by atoms with Crippen LogP contribution in [0.1, 0.15) is 16.7 Å². The number of methoxy groups -OCH3 is 1. The fourth-order valence-corrected chi connectivity index (χ4v) is 3.17. The van der Waals surface area contributed by atoms with E-state index in [2.05, 4.69) is 21.7 Å². The van der Waals surface area contributed by atoms with Crippen LogP contribution in [0.4, 0.5) is 16.3 Å². The molecule has 8 nitrogen and oxygen atoms in total. The number of amides is 2. The highest BCUT2D eigenvalue weighted by Crippen LogP contribution is 2.36. The summed E-state index contributed by atoms with van der Waals surface area (Å²) in [6.45, 7) is 3.89. The van der Waals surface area contributed by atoms with Crippen LogP contribution in [0.5, 0.6) is 5.75 Å². The van der Waals surface area contributed by atoms with Crippen molar-refractivity contribution in [2.45, 2.75) is 13.8 Å². The lowest BCUT2D eigenvalue weighted by Crippen LogP contribution is -2.24. The van der Waals surface area contributed by atoms with Crippen LogP contribution in [0, 0.1) is 25.2 Å². The SMILES string of the molecule is CNC(=O)Nc1cnc2c(c1)c(C#N)c(N)n2-c1c(C)ccc(OC)c1C. The van der Waals surface area contributed by atoms with Crippen LogP contribution in [-0.4, -0.2) is 29.7 Å². The smallest absolute Gasteiger partial charge is 0.319 e. The first-order valence-corrected chi connectivity index (χ1v) is 8.26. The van der Waals surface area contributed by atoms with Gasteiger partial charge >= 0.3 is 6.03 Å². The van der Waals surface area contributed by atoms with Crippen molar-refractivity contribution in [3.63, 3.8) is 0 Å². The van der Waals surface area contributed by atoms with Gasteiger partial charge in [-0.05, 0) is 31.5 Å². The van der Waals surface area contributed by atoms with Gasteiger partial charge in [-0.25, -0.2) is 9.78 Å². The van der Waals surface area contributed by atoms with Gasteiger partial charge < -0.3 is 21.1 Å². The number of hydrogen-bond donors (Lipinski definition) is 3. The molecule has 2 aromatic heterocycles. The van der Waals surface area contributed by atoms with Crippen molar-refractivity contribution in [2.24, 2.45) is 0 Å². The molecule has 0 saturated heterocycles. The Balaban J connectivity index is 2.32. The molecule has 0 unspecified atom stereocenters. The Morgan fingerprint density at radius 2 is 2.11 bits per heavy atom. The molecule has 4 N–H and O–H groups in total. The maximum Gasteiger partial charge on any atom is 0.319 e. The number of urea groups is 1. The average molecular weight is 364 g/mol. The van der Waals surface area contributed by atoms with E-state index in [-0.39, 0.29) is 11.8 Å². The second-order valence-electron chi connectivity index (χ2n) is 6.07. The third kappa shape index (κ3) is 2.89. The normalized spacial score (nSPS) is 10.5. The minimum atomic E-state index is -0.374. The van der Waals surface area contributed by atoms with Crippen molar-refractivity contribution >= 4 is 28.6 Å². The number of carbonyl (C=O) groups is 1. The fraction of sp³-hybridized carbons (Fsp3) is 0.211. The summed E-state index contributed by atoms with van der Waals surface area (Å²) in [6.07, 6.45) is 1.53. The lowest BCUT2D eigenvalue weighted by molar-refractivity contribution is 0.254. The average Bonchev–Trinajstić information content (AvgIpc) is 2.93. The molecule has 0 aliphatic carbocycles. The summed E-state index contributed by atoms with van der Waals surface area (Å²) in [5.41, 5.74) is 10.3. The Labute approximate surface area is 156 Å². The number of hydrogen-bond acceptors (Lipinski definition) is 5. The molecule has 2 amide bonds. The summed E-state index contributed by atoms with van der Waals surface area (Å²) in [6, 6.07) is 7.28. The number of pyridine rings is 1. The summed E-state index contributed by atoms with van der Waals surface area (Å²) in [4.78, 5) is 16.0. The Bertz CT molecular complexity index is 1090. The number of anilines is 2. The quantitative estimate of drug-likeness (QED) is 0.660. The zero-order valence-corrected chi connectivity index (χ0v) is 15.5. The fourth-order valence-electron chi connectivity index (χ4n) is 3.17. The first kappa shape index (κ1) is 18.1. The molecular formula is C19H20N6O2. The van der Waals surface area contributed by atoms with E-state index in [1.807, 2.05) is 26.0 Å². The topological polar surface area (TPSA) is 118 Å². The van der Waals surface area contributed by atoms with Crippen LogP contribution in [0.2, 0.25) is 0 Å². The molecule has 27 heavy (non-hydrogen) atoms. The van der Waals surface area contributed by atoms with E-state index in [1.165, 1.54) is 13.2 Å². The highest BCUT2D eigenvalue weighted by Gasteiger charge is 2.21. The van der Waals surface area contributed by atoms with Crippen molar-refractivity contribution < 1.29 is 9.53 Å². The molecule has 138 valence electrons. The highest BCUT2D eigenvalue weighted by molar-refractivity contribution is 5.96. The van der Waals surface area contributed by atoms with Crippen LogP contribution >= 0.6 is 0 Å². The second kappa shape index (κ2) is 6.88. The van der Waals surface area contributed by atoms with Crippen molar-refractivity contribution in [1.29, 1.82) is 5.26 Å². The predicted octanol–water partition coefficient (Wildman–Crippen LogP) is 2.86. The molecule has 0 spiro atoms. The first-order valence-electron chi connectivity index (χ1n) is 8.26. The van der Waals surface area contributed by atoms with Crippen LogP contribution < -0.4 is 21.1 Å². The molecule has 3 aromatic rings. The number of nitrogens with two attached hydrogens (primary N) is 1. The molecule has 0 saturated carbocycles. The van der Waals surface area contributed by atoms with Crippen LogP contribution in [-0.2, 0) is 0 Å². The molecular weight excluding hydrogens is 344 g/mol. The molecule has 3 rings (SSSR count). The third-order valence-electron chi connectivity index (χ3n) is 4.47. The summed E-state index contributed by atoms with van der Waals surface area (Å²) < 4.78 is 7.18. The number of nitrogens with one attached hydrogen (secondary N) is 2. The molecule has 0 fully saturated rings. The van der Waals surface area contributed by atoms with Crippen LogP contribution in [0.3, 0.4) is 0 Å². The van der Waals surface area contributed by atoms with E-state index in [0.29, 0.717) is 28.0 Å². The molecule has 8 heteroatoms. The number of ether oxygens (including phenoxy) is 1. The molecule has 0 bridgehead atoms. The van der Waals surface area contributed by atoms with Gasteiger partial charge in [-0.3, -0.25) is 4.57 Å². The summed E-state index contributed by atoms with van der Waals surface area (Å²) in [5, 5.41) is 15.3. The number of nitriles is 1. The van der Waals surface area contributed by atoms with Crippen molar-refractivity contribution in [1.82, 2.24) is 14.9 Å². The van der Waals surface area contributed by atoms with Gasteiger partial charge in [-0.15, -0.1) is 0 Å². The van der Waals surface area contributed by atoms with Crippen molar-refractivity contribution in [2.75, 3.05) is 25.2 Å². The standard InChI is InChI=1S/C19H20N6O2/c1-10-5-6-15(27-4)11(2)16(10)25-17(21)14(8-20)13-7-12(9-23-18(13)25)24-19(26)22-3/h5-7,9H,21H2,1-4H3,(H2,22,24,26). The zero-order valence-electron chi connectivity index (χ0n) is 15.5. The number of aromatic nitrogens is 2. The van der Waals surface area contributed by atoms with Gasteiger partial charge in [0.2, 0.25) is 0 Å². The Hall–Kier alpha value is -3.73. The largest absolute Gasteiger partial charge is 0.496 e. The molecule has 2 heterocycles. The lowest BCUT2D eigenvalue weighted by Gasteiger charge is -2.16. The number of aryl methyl sites for hydroxylation is 1. The van der Waals surface area contributed by atoms with Gasteiger partial charge in [0.25, 0.3) is 0 Å². The maximum atomic E-state index is 11.6.